The summed E-state index contributed by atoms with van der Waals surface area (Å²) >= 11 is 0. The van der Waals surface area contributed by atoms with Gasteiger partial charge in [0.1, 0.15) is 0 Å². The zero-order valence-corrected chi connectivity index (χ0v) is 22.8. The van der Waals surface area contributed by atoms with Crippen molar-refractivity contribution in [2.45, 2.75) is 78.7 Å². The van der Waals surface area contributed by atoms with E-state index in [4.69, 9.17) is 4.98 Å². The summed E-state index contributed by atoms with van der Waals surface area (Å²) in [5.74, 6) is 0.761. The van der Waals surface area contributed by atoms with E-state index in [9.17, 15) is 4.79 Å². The number of nitrogens with zero attached hydrogens (tertiary/aromatic N) is 4. The molecule has 6 rings (SSSR count). The maximum atomic E-state index is 13.2. The number of aromatic amines is 1. The molecular formula is C31H37N5O. The maximum Gasteiger partial charge on any atom is 0.255 e. The Bertz CT molecular complexity index is 1560. The Morgan fingerprint density at radius 3 is 2.59 bits per heavy atom. The van der Waals surface area contributed by atoms with E-state index in [1.54, 1.807) is 6.07 Å². The number of nitrogens with one attached hydrogen (secondary N) is 1. The number of likely N-dealkylation sites (N-methyl/N-ethyl adjacent to an activating group) is 1. The quantitative estimate of drug-likeness (QED) is 0.387. The highest BCUT2D eigenvalue weighted by Crippen LogP contribution is 2.37. The van der Waals surface area contributed by atoms with Crippen molar-refractivity contribution >= 4 is 16.9 Å². The Balaban J connectivity index is 1.43. The predicted molar refractivity (Wildman–Crippen MR) is 152 cm³/mol. The third-order valence-corrected chi connectivity index (χ3v) is 8.33. The molecule has 1 N–H and O–H groups in total. The fourth-order valence-electron chi connectivity index (χ4n) is 6.54. The van der Waals surface area contributed by atoms with Gasteiger partial charge in [0.05, 0.1) is 17.8 Å². The molecule has 2 aliphatic heterocycles. The first kappa shape index (κ1) is 24.0. The van der Waals surface area contributed by atoms with E-state index in [0.717, 1.165) is 47.6 Å². The molecule has 0 saturated carbocycles. The highest BCUT2D eigenvalue weighted by atomic mass is 16.1. The number of H-pyrrole nitrogens is 1. The van der Waals surface area contributed by atoms with Crippen molar-refractivity contribution in [3.8, 4) is 22.4 Å². The molecule has 2 aromatic carbocycles. The Labute approximate surface area is 218 Å². The molecule has 4 aromatic rings. The minimum absolute atomic E-state index is 0.00567. The Morgan fingerprint density at radius 1 is 1.08 bits per heavy atom. The maximum absolute atomic E-state index is 13.2. The van der Waals surface area contributed by atoms with Crippen LogP contribution >= 0.6 is 0 Å². The molecule has 0 saturated heterocycles. The number of benzene rings is 2. The largest absolute Gasteiger partial charge is 0.360 e. The lowest BCUT2D eigenvalue weighted by Gasteiger charge is -2.35. The summed E-state index contributed by atoms with van der Waals surface area (Å²) in [5, 5.41) is 1.09. The molecule has 2 aliphatic rings. The second kappa shape index (κ2) is 8.59. The molecule has 2 aromatic heterocycles. The fraction of sp³-hybridized carbons (Fsp3) is 0.419. The van der Waals surface area contributed by atoms with Crippen LogP contribution in [0, 0.1) is 0 Å². The lowest BCUT2D eigenvalue weighted by Crippen LogP contribution is -2.45. The van der Waals surface area contributed by atoms with Crippen LogP contribution in [0.3, 0.4) is 0 Å². The Hall–Kier alpha value is -3.38. The van der Waals surface area contributed by atoms with Gasteiger partial charge in [0.25, 0.3) is 5.56 Å². The molecule has 0 amide bonds. The van der Waals surface area contributed by atoms with Gasteiger partial charge in [-0.1, -0.05) is 25.1 Å². The van der Waals surface area contributed by atoms with Gasteiger partial charge in [-0.2, -0.15) is 0 Å². The predicted octanol–water partition coefficient (Wildman–Crippen LogP) is 5.83. The Kier molecular flexibility index (Phi) is 5.57. The number of fused-ring (bicyclic) bond motifs is 3. The Morgan fingerprint density at radius 2 is 1.84 bits per heavy atom. The zero-order valence-electron chi connectivity index (χ0n) is 22.8. The molecule has 4 heterocycles. The highest BCUT2D eigenvalue weighted by Gasteiger charge is 2.39. The van der Waals surface area contributed by atoms with Crippen LogP contribution in [0.25, 0.3) is 33.3 Å². The number of aromatic nitrogens is 3. The van der Waals surface area contributed by atoms with Gasteiger partial charge < -0.3 is 9.88 Å². The van der Waals surface area contributed by atoms with Crippen LogP contribution in [0.5, 0.6) is 0 Å². The lowest BCUT2D eigenvalue weighted by atomic mass is 9.91. The highest BCUT2D eigenvalue weighted by molar-refractivity contribution is 5.97. The van der Waals surface area contributed by atoms with Crippen molar-refractivity contribution in [1.29, 1.82) is 0 Å². The molecule has 6 nitrogen and oxygen atoms in total. The summed E-state index contributed by atoms with van der Waals surface area (Å²) in [7, 11) is 0. The van der Waals surface area contributed by atoms with Crippen molar-refractivity contribution in [1.82, 2.24) is 19.4 Å². The average molecular weight is 496 g/mol. The standard InChI is InChI=1S/C31H37N5O/c1-7-34-17-24-13-22(9-8-21(24)12-20(34)4)23-10-11-27-25(14-23)26(16-32-27)28-15-29(37)35-18-31(5,6)36(19(2)3)30(35)33-28/h8-11,13-16,19-20,32H,7,12,17-18H2,1-6H3/t20-/m1/s1. The zero-order chi connectivity index (χ0) is 26.1. The van der Waals surface area contributed by atoms with Crippen LogP contribution in [-0.4, -0.2) is 43.6 Å². The van der Waals surface area contributed by atoms with E-state index in [2.05, 4.69) is 92.7 Å². The number of hydrogen-bond acceptors (Lipinski definition) is 4. The van der Waals surface area contributed by atoms with E-state index in [-0.39, 0.29) is 17.1 Å². The summed E-state index contributed by atoms with van der Waals surface area (Å²) in [6.45, 7) is 16.0. The summed E-state index contributed by atoms with van der Waals surface area (Å²) in [4.78, 5) is 26.5. The fourth-order valence-corrected chi connectivity index (χ4v) is 6.54. The third kappa shape index (κ3) is 3.89. The van der Waals surface area contributed by atoms with Crippen molar-refractivity contribution < 1.29 is 0 Å². The number of hydrogen-bond donors (Lipinski definition) is 1. The second-order valence-electron chi connectivity index (χ2n) is 11.7. The van der Waals surface area contributed by atoms with E-state index < -0.39 is 0 Å². The molecule has 0 fully saturated rings. The number of rotatable bonds is 4. The molecule has 6 heteroatoms. The van der Waals surface area contributed by atoms with Crippen molar-refractivity contribution in [3.63, 3.8) is 0 Å². The van der Waals surface area contributed by atoms with Gasteiger partial charge in [0.2, 0.25) is 5.95 Å². The topological polar surface area (TPSA) is 57.2 Å². The van der Waals surface area contributed by atoms with Gasteiger partial charge in [0.15, 0.2) is 0 Å². The normalized spacial score (nSPS) is 19.0. The van der Waals surface area contributed by atoms with Crippen LogP contribution in [-0.2, 0) is 19.5 Å². The van der Waals surface area contributed by atoms with E-state index in [0.29, 0.717) is 12.6 Å². The molecule has 0 bridgehead atoms. The molecule has 0 radical (unpaired) electrons. The first-order valence-corrected chi connectivity index (χ1v) is 13.5. The minimum Gasteiger partial charge on any atom is -0.360 e. The summed E-state index contributed by atoms with van der Waals surface area (Å²) in [6.07, 6.45) is 3.09. The molecular weight excluding hydrogens is 458 g/mol. The van der Waals surface area contributed by atoms with Crippen LogP contribution in [0.2, 0.25) is 0 Å². The monoisotopic (exact) mass is 495 g/mol. The molecule has 0 aliphatic carbocycles. The minimum atomic E-state index is -0.156. The van der Waals surface area contributed by atoms with Gasteiger partial charge in [-0.25, -0.2) is 4.98 Å². The van der Waals surface area contributed by atoms with Gasteiger partial charge in [-0.3, -0.25) is 14.3 Å². The summed E-state index contributed by atoms with van der Waals surface area (Å²) < 4.78 is 1.82. The third-order valence-electron chi connectivity index (χ3n) is 8.33. The molecule has 1 atom stereocenters. The van der Waals surface area contributed by atoms with Crippen molar-refractivity contribution in [2.75, 3.05) is 11.4 Å². The van der Waals surface area contributed by atoms with E-state index >= 15 is 0 Å². The van der Waals surface area contributed by atoms with Crippen molar-refractivity contribution in [2.24, 2.45) is 0 Å². The summed E-state index contributed by atoms with van der Waals surface area (Å²) in [5.41, 5.74) is 7.89. The summed E-state index contributed by atoms with van der Waals surface area (Å²) in [6, 6.07) is 16.0. The van der Waals surface area contributed by atoms with Crippen LogP contribution < -0.4 is 10.5 Å². The van der Waals surface area contributed by atoms with Crippen LogP contribution in [0.4, 0.5) is 5.95 Å². The average Bonchev–Trinajstić information content (AvgIpc) is 3.40. The molecule has 0 spiro atoms. The lowest BCUT2D eigenvalue weighted by molar-refractivity contribution is 0.195. The SMILES string of the molecule is CCN1Cc2cc(-c3ccc4[nH]cc(-c5cc(=O)n6c(n5)N(C(C)C)C(C)(C)C6)c4c3)ccc2C[C@H]1C. The van der Waals surface area contributed by atoms with Crippen LogP contribution in [0.1, 0.15) is 52.7 Å². The van der Waals surface area contributed by atoms with E-state index in [1.807, 2.05) is 10.8 Å². The van der Waals surface area contributed by atoms with Crippen molar-refractivity contribution in [3.05, 3.63) is 70.1 Å². The smallest absolute Gasteiger partial charge is 0.255 e. The van der Waals surface area contributed by atoms with Gasteiger partial charge in [-0.15, -0.1) is 0 Å². The van der Waals surface area contributed by atoms with Gasteiger partial charge in [0, 0.05) is 47.4 Å². The molecule has 0 unspecified atom stereocenters. The first-order chi connectivity index (χ1) is 17.7. The number of anilines is 1. The van der Waals surface area contributed by atoms with Gasteiger partial charge in [-0.05, 0) is 88.0 Å². The van der Waals surface area contributed by atoms with Gasteiger partial charge >= 0.3 is 0 Å². The molecule has 37 heavy (non-hydrogen) atoms. The molecule has 192 valence electrons. The van der Waals surface area contributed by atoms with Crippen LogP contribution in [0.15, 0.2) is 53.5 Å². The first-order valence-electron chi connectivity index (χ1n) is 13.5. The second-order valence-corrected chi connectivity index (χ2v) is 11.7. The van der Waals surface area contributed by atoms with E-state index in [1.165, 1.54) is 22.3 Å².